The zero-order chi connectivity index (χ0) is 12.1. The quantitative estimate of drug-likeness (QED) is 0.869. The van der Waals surface area contributed by atoms with Gasteiger partial charge in [0.2, 0.25) is 0 Å². The minimum Gasteiger partial charge on any atom is -0.365 e. The Bertz CT molecular complexity index is 369. The van der Waals surface area contributed by atoms with Crippen molar-refractivity contribution in [3.8, 4) is 6.07 Å². The molecular weight excluding hydrogens is 210 g/mol. The second-order valence-electron chi connectivity index (χ2n) is 5.16. The minimum absolute atomic E-state index is 0.366. The molecule has 1 aromatic rings. The third kappa shape index (κ3) is 2.89. The highest BCUT2D eigenvalue weighted by Gasteiger charge is 2.32. The minimum atomic E-state index is -0.366. The Morgan fingerprint density at radius 1 is 1.35 bits per heavy atom. The maximum absolute atomic E-state index is 9.52. The number of nitrogens with zero attached hydrogens (tertiary/aromatic N) is 2. The molecule has 1 aromatic heterocycles. The number of aromatic amines is 1. The van der Waals surface area contributed by atoms with Crippen molar-refractivity contribution >= 4 is 0 Å². The average Bonchev–Trinajstić information content (AvgIpc) is 2.68. The van der Waals surface area contributed by atoms with Crippen molar-refractivity contribution < 1.29 is 0 Å². The molecule has 1 saturated heterocycles. The monoisotopic (exact) mass is 231 g/mol. The smallest absolute Gasteiger partial charge is 0.111 e. The molecule has 1 fully saturated rings. The Balaban J connectivity index is 2.09. The molecule has 0 aromatic carbocycles. The number of nitriles is 1. The van der Waals surface area contributed by atoms with Crippen molar-refractivity contribution in [2.75, 3.05) is 13.1 Å². The second kappa shape index (κ2) is 5.37. The van der Waals surface area contributed by atoms with Gasteiger partial charge in [0.05, 0.1) is 6.07 Å². The standard InChI is InChI=1S/C14H21N3/c1-14(12-15,11-13-7-6-8-16-13)17-9-4-2-3-5-10-17/h6-8,16H,2-5,9-11H2,1H3. The number of H-pyrrole nitrogens is 1. The molecule has 0 saturated carbocycles. The summed E-state index contributed by atoms with van der Waals surface area (Å²) in [7, 11) is 0. The summed E-state index contributed by atoms with van der Waals surface area (Å²) in [5, 5.41) is 9.52. The Morgan fingerprint density at radius 2 is 2.06 bits per heavy atom. The topological polar surface area (TPSA) is 42.8 Å². The van der Waals surface area contributed by atoms with Gasteiger partial charge in [-0.25, -0.2) is 0 Å². The van der Waals surface area contributed by atoms with Crippen LogP contribution in [0.15, 0.2) is 18.3 Å². The van der Waals surface area contributed by atoms with E-state index in [0.29, 0.717) is 0 Å². The van der Waals surface area contributed by atoms with Gasteiger partial charge in [0.1, 0.15) is 5.54 Å². The zero-order valence-corrected chi connectivity index (χ0v) is 10.6. The van der Waals surface area contributed by atoms with Gasteiger partial charge < -0.3 is 4.98 Å². The first-order valence-electron chi connectivity index (χ1n) is 6.53. The van der Waals surface area contributed by atoms with Crippen LogP contribution in [0.5, 0.6) is 0 Å². The molecule has 1 unspecified atom stereocenters. The van der Waals surface area contributed by atoms with Gasteiger partial charge in [-0.3, -0.25) is 4.90 Å². The summed E-state index contributed by atoms with van der Waals surface area (Å²) >= 11 is 0. The first-order valence-corrected chi connectivity index (χ1v) is 6.53. The number of rotatable bonds is 3. The van der Waals surface area contributed by atoms with Gasteiger partial charge in [-0.15, -0.1) is 0 Å². The zero-order valence-electron chi connectivity index (χ0n) is 10.6. The van der Waals surface area contributed by atoms with E-state index in [0.717, 1.165) is 25.2 Å². The van der Waals surface area contributed by atoms with Gasteiger partial charge in [-0.1, -0.05) is 12.8 Å². The predicted molar refractivity (Wildman–Crippen MR) is 68.6 cm³/mol. The molecule has 0 radical (unpaired) electrons. The van der Waals surface area contributed by atoms with Gasteiger partial charge >= 0.3 is 0 Å². The lowest BCUT2D eigenvalue weighted by Gasteiger charge is -2.35. The Morgan fingerprint density at radius 3 is 2.59 bits per heavy atom. The van der Waals surface area contributed by atoms with Crippen LogP contribution in [0.2, 0.25) is 0 Å². The predicted octanol–water partition coefficient (Wildman–Crippen LogP) is 2.72. The Kier molecular flexibility index (Phi) is 3.86. The lowest BCUT2D eigenvalue weighted by molar-refractivity contribution is 0.156. The van der Waals surface area contributed by atoms with Crippen molar-refractivity contribution in [2.45, 2.75) is 44.6 Å². The molecule has 0 aliphatic carbocycles. The van der Waals surface area contributed by atoms with Crippen molar-refractivity contribution in [3.63, 3.8) is 0 Å². The van der Waals surface area contributed by atoms with Crippen molar-refractivity contribution in [2.24, 2.45) is 0 Å². The van der Waals surface area contributed by atoms with Crippen LogP contribution in [0.4, 0.5) is 0 Å². The summed E-state index contributed by atoms with van der Waals surface area (Å²) in [6.07, 6.45) is 7.77. The summed E-state index contributed by atoms with van der Waals surface area (Å²) in [6.45, 7) is 4.19. The Labute approximate surface area is 103 Å². The van der Waals surface area contributed by atoms with E-state index in [1.807, 2.05) is 12.3 Å². The third-order valence-electron chi connectivity index (χ3n) is 3.74. The number of aromatic nitrogens is 1. The van der Waals surface area contributed by atoms with Gasteiger partial charge in [0.25, 0.3) is 0 Å². The first-order chi connectivity index (χ1) is 8.24. The van der Waals surface area contributed by atoms with Gasteiger partial charge in [-0.05, 0) is 45.0 Å². The van der Waals surface area contributed by atoms with Crippen LogP contribution in [0.3, 0.4) is 0 Å². The molecule has 1 N–H and O–H groups in total. The van der Waals surface area contributed by atoms with Crippen LogP contribution in [-0.2, 0) is 6.42 Å². The molecule has 0 spiro atoms. The molecule has 3 nitrogen and oxygen atoms in total. The number of hydrogen-bond acceptors (Lipinski definition) is 2. The normalized spacial score (nSPS) is 21.4. The average molecular weight is 231 g/mol. The lowest BCUT2D eigenvalue weighted by atomic mass is 9.95. The molecule has 2 heterocycles. The highest BCUT2D eigenvalue weighted by atomic mass is 15.2. The fraction of sp³-hybridized carbons (Fsp3) is 0.643. The Hall–Kier alpha value is -1.27. The van der Waals surface area contributed by atoms with E-state index in [9.17, 15) is 5.26 Å². The van der Waals surface area contributed by atoms with Crippen LogP contribution in [0.1, 0.15) is 38.3 Å². The lowest BCUT2D eigenvalue weighted by Crippen LogP contribution is -2.47. The van der Waals surface area contributed by atoms with Crippen LogP contribution in [-0.4, -0.2) is 28.5 Å². The van der Waals surface area contributed by atoms with E-state index in [-0.39, 0.29) is 5.54 Å². The molecule has 17 heavy (non-hydrogen) atoms. The third-order valence-corrected chi connectivity index (χ3v) is 3.74. The van der Waals surface area contributed by atoms with E-state index in [2.05, 4.69) is 28.9 Å². The molecule has 3 heteroatoms. The molecule has 1 aliphatic heterocycles. The summed E-state index contributed by atoms with van der Waals surface area (Å²) in [4.78, 5) is 5.57. The summed E-state index contributed by atoms with van der Waals surface area (Å²) in [5.74, 6) is 0. The van der Waals surface area contributed by atoms with E-state index in [4.69, 9.17) is 0 Å². The molecule has 0 bridgehead atoms. The van der Waals surface area contributed by atoms with E-state index in [1.54, 1.807) is 0 Å². The van der Waals surface area contributed by atoms with E-state index < -0.39 is 0 Å². The molecular formula is C14H21N3. The fourth-order valence-electron chi connectivity index (χ4n) is 2.63. The molecule has 1 aliphatic rings. The summed E-state index contributed by atoms with van der Waals surface area (Å²) in [6, 6.07) is 6.58. The first kappa shape index (κ1) is 12.2. The van der Waals surface area contributed by atoms with Crippen molar-refractivity contribution in [1.82, 2.24) is 9.88 Å². The highest BCUT2D eigenvalue weighted by molar-refractivity contribution is 5.16. The van der Waals surface area contributed by atoms with Crippen molar-refractivity contribution in [1.29, 1.82) is 5.26 Å². The van der Waals surface area contributed by atoms with Crippen molar-refractivity contribution in [3.05, 3.63) is 24.0 Å². The maximum Gasteiger partial charge on any atom is 0.111 e. The number of likely N-dealkylation sites (tertiary alicyclic amines) is 1. The van der Waals surface area contributed by atoms with Gasteiger partial charge in [0.15, 0.2) is 0 Å². The number of nitrogens with one attached hydrogen (secondary N) is 1. The number of hydrogen-bond donors (Lipinski definition) is 1. The van der Waals surface area contributed by atoms with Crippen LogP contribution >= 0.6 is 0 Å². The van der Waals surface area contributed by atoms with E-state index in [1.165, 1.54) is 25.7 Å². The van der Waals surface area contributed by atoms with Gasteiger partial charge in [-0.2, -0.15) is 5.26 Å². The summed E-state index contributed by atoms with van der Waals surface area (Å²) < 4.78 is 0. The summed E-state index contributed by atoms with van der Waals surface area (Å²) in [5.41, 5.74) is 0.785. The molecule has 92 valence electrons. The van der Waals surface area contributed by atoms with Crippen LogP contribution < -0.4 is 0 Å². The highest BCUT2D eigenvalue weighted by Crippen LogP contribution is 2.23. The van der Waals surface area contributed by atoms with E-state index >= 15 is 0 Å². The second-order valence-corrected chi connectivity index (χ2v) is 5.16. The van der Waals surface area contributed by atoms with Gasteiger partial charge in [0, 0.05) is 18.3 Å². The SMILES string of the molecule is CC(C#N)(Cc1ccc[nH]1)N1CCCCCC1. The molecule has 0 amide bonds. The van der Waals surface area contributed by atoms with Crippen LogP contribution in [0, 0.1) is 11.3 Å². The largest absolute Gasteiger partial charge is 0.365 e. The maximum atomic E-state index is 9.52. The molecule has 1 atom stereocenters. The van der Waals surface area contributed by atoms with Crippen LogP contribution in [0.25, 0.3) is 0 Å². The molecule has 2 rings (SSSR count). The fourth-order valence-corrected chi connectivity index (χ4v) is 2.63.